The van der Waals surface area contributed by atoms with Crippen molar-refractivity contribution in [2.24, 2.45) is 11.7 Å². The van der Waals surface area contributed by atoms with Gasteiger partial charge in [0.15, 0.2) is 0 Å². The van der Waals surface area contributed by atoms with Crippen molar-refractivity contribution in [2.75, 3.05) is 32.8 Å². The number of hydrogen-bond donors (Lipinski definition) is 1. The molecule has 3 nitrogen and oxygen atoms in total. The number of piperidine rings is 1. The molecule has 19 heavy (non-hydrogen) atoms. The number of hydrogen-bond acceptors (Lipinski definition) is 3. The van der Waals surface area contributed by atoms with Crippen LogP contribution in [0.25, 0.3) is 0 Å². The van der Waals surface area contributed by atoms with E-state index in [1.807, 2.05) is 24.3 Å². The first-order valence-corrected chi connectivity index (χ1v) is 7.46. The SMILES string of the molecule is NCC1CCCN(CCCOc2ccc(Cl)cc2)C1. The van der Waals surface area contributed by atoms with E-state index in [0.717, 1.165) is 43.4 Å². The van der Waals surface area contributed by atoms with Crippen molar-refractivity contribution in [2.45, 2.75) is 19.3 Å². The minimum atomic E-state index is 0.686. The third-order valence-corrected chi connectivity index (χ3v) is 3.89. The van der Waals surface area contributed by atoms with Crippen LogP contribution in [0, 0.1) is 5.92 Å². The molecule has 2 N–H and O–H groups in total. The molecule has 106 valence electrons. The number of nitrogens with zero attached hydrogens (tertiary/aromatic N) is 1. The van der Waals surface area contributed by atoms with Crippen molar-refractivity contribution in [3.05, 3.63) is 29.3 Å². The van der Waals surface area contributed by atoms with E-state index >= 15 is 0 Å². The molecular formula is C15H23ClN2O. The van der Waals surface area contributed by atoms with Gasteiger partial charge in [0.05, 0.1) is 6.61 Å². The average Bonchev–Trinajstić information content (AvgIpc) is 2.46. The topological polar surface area (TPSA) is 38.5 Å². The fraction of sp³-hybridized carbons (Fsp3) is 0.600. The first-order valence-electron chi connectivity index (χ1n) is 7.08. The average molecular weight is 283 g/mol. The first-order chi connectivity index (χ1) is 9.28. The summed E-state index contributed by atoms with van der Waals surface area (Å²) >= 11 is 5.83. The quantitative estimate of drug-likeness (QED) is 0.816. The van der Waals surface area contributed by atoms with Crippen LogP contribution in [0.4, 0.5) is 0 Å². The summed E-state index contributed by atoms with van der Waals surface area (Å²) in [4.78, 5) is 2.51. The Morgan fingerprint density at radius 3 is 2.84 bits per heavy atom. The van der Waals surface area contributed by atoms with Gasteiger partial charge in [-0.15, -0.1) is 0 Å². The lowest BCUT2D eigenvalue weighted by Crippen LogP contribution is -2.39. The van der Waals surface area contributed by atoms with Crippen LogP contribution in [0.1, 0.15) is 19.3 Å². The number of likely N-dealkylation sites (tertiary alicyclic amines) is 1. The number of ether oxygens (including phenoxy) is 1. The number of halogens is 1. The highest BCUT2D eigenvalue weighted by molar-refractivity contribution is 6.30. The third-order valence-electron chi connectivity index (χ3n) is 3.64. The number of benzene rings is 1. The summed E-state index contributed by atoms with van der Waals surface area (Å²) in [7, 11) is 0. The van der Waals surface area contributed by atoms with Crippen LogP contribution in [0.5, 0.6) is 5.75 Å². The molecule has 0 spiro atoms. The Bertz CT molecular complexity index is 369. The Morgan fingerprint density at radius 2 is 2.11 bits per heavy atom. The maximum Gasteiger partial charge on any atom is 0.119 e. The minimum absolute atomic E-state index is 0.686. The van der Waals surface area contributed by atoms with E-state index in [0.29, 0.717) is 5.92 Å². The lowest BCUT2D eigenvalue weighted by atomic mass is 9.98. The van der Waals surface area contributed by atoms with Crippen LogP contribution in [-0.2, 0) is 0 Å². The Kier molecular flexibility index (Phi) is 5.95. The van der Waals surface area contributed by atoms with Gasteiger partial charge in [-0.25, -0.2) is 0 Å². The molecule has 1 atom stereocenters. The van der Waals surface area contributed by atoms with E-state index < -0.39 is 0 Å². The molecule has 4 heteroatoms. The molecule has 1 saturated heterocycles. The van der Waals surface area contributed by atoms with Gasteiger partial charge in [-0.1, -0.05) is 11.6 Å². The van der Waals surface area contributed by atoms with Gasteiger partial charge in [0.1, 0.15) is 5.75 Å². The zero-order valence-corrected chi connectivity index (χ0v) is 12.1. The van der Waals surface area contributed by atoms with E-state index in [1.165, 1.54) is 19.4 Å². The van der Waals surface area contributed by atoms with Crippen LogP contribution >= 0.6 is 11.6 Å². The highest BCUT2D eigenvalue weighted by atomic mass is 35.5. The summed E-state index contributed by atoms with van der Waals surface area (Å²) in [6.07, 6.45) is 3.62. The Balaban J connectivity index is 1.62. The van der Waals surface area contributed by atoms with Crippen molar-refractivity contribution in [3.63, 3.8) is 0 Å². The maximum absolute atomic E-state index is 5.83. The van der Waals surface area contributed by atoms with E-state index in [4.69, 9.17) is 22.1 Å². The van der Waals surface area contributed by atoms with Gasteiger partial charge in [0.2, 0.25) is 0 Å². The van der Waals surface area contributed by atoms with Crippen LogP contribution in [0.15, 0.2) is 24.3 Å². The maximum atomic E-state index is 5.83. The summed E-state index contributed by atoms with van der Waals surface area (Å²) in [5, 5.41) is 0.744. The van der Waals surface area contributed by atoms with Crippen LogP contribution in [-0.4, -0.2) is 37.7 Å². The molecule has 0 bridgehead atoms. The molecule has 0 amide bonds. The van der Waals surface area contributed by atoms with Gasteiger partial charge >= 0.3 is 0 Å². The van der Waals surface area contributed by atoms with Gasteiger partial charge in [0.25, 0.3) is 0 Å². The van der Waals surface area contributed by atoms with Gasteiger partial charge in [-0.3, -0.25) is 0 Å². The van der Waals surface area contributed by atoms with Gasteiger partial charge in [-0.05, 0) is 62.5 Å². The first kappa shape index (κ1) is 14.6. The van der Waals surface area contributed by atoms with Crippen LogP contribution < -0.4 is 10.5 Å². The highest BCUT2D eigenvalue weighted by Crippen LogP contribution is 2.17. The Morgan fingerprint density at radius 1 is 1.32 bits per heavy atom. The molecule has 0 aliphatic carbocycles. The summed E-state index contributed by atoms with van der Waals surface area (Å²) < 4.78 is 5.70. The molecule has 0 radical (unpaired) electrons. The minimum Gasteiger partial charge on any atom is -0.494 e. The Labute approximate surface area is 120 Å². The monoisotopic (exact) mass is 282 g/mol. The van der Waals surface area contributed by atoms with Crippen LogP contribution in [0.3, 0.4) is 0 Å². The van der Waals surface area contributed by atoms with Crippen molar-refractivity contribution in [3.8, 4) is 5.75 Å². The molecule has 1 aromatic rings. The zero-order valence-electron chi connectivity index (χ0n) is 11.4. The van der Waals surface area contributed by atoms with Crippen molar-refractivity contribution < 1.29 is 4.74 Å². The molecule has 1 heterocycles. The zero-order chi connectivity index (χ0) is 13.5. The predicted octanol–water partition coefficient (Wildman–Crippen LogP) is 2.78. The van der Waals surface area contributed by atoms with Crippen molar-refractivity contribution >= 4 is 11.6 Å². The van der Waals surface area contributed by atoms with Crippen molar-refractivity contribution in [1.29, 1.82) is 0 Å². The molecule has 1 fully saturated rings. The molecular weight excluding hydrogens is 260 g/mol. The third kappa shape index (κ3) is 5.01. The molecule has 2 rings (SSSR count). The number of rotatable bonds is 6. The van der Waals surface area contributed by atoms with Gasteiger partial charge in [0, 0.05) is 18.1 Å². The fourth-order valence-corrected chi connectivity index (χ4v) is 2.68. The molecule has 0 aromatic heterocycles. The van der Waals surface area contributed by atoms with E-state index in [9.17, 15) is 0 Å². The van der Waals surface area contributed by atoms with E-state index in [2.05, 4.69) is 4.90 Å². The standard InChI is InChI=1S/C15H23ClN2O/c16-14-4-6-15(7-5-14)19-10-2-9-18-8-1-3-13(11-17)12-18/h4-7,13H,1-3,8-12,17H2. The Hall–Kier alpha value is -0.770. The molecule has 1 aliphatic heterocycles. The smallest absolute Gasteiger partial charge is 0.119 e. The number of nitrogens with two attached hydrogens (primary N) is 1. The molecule has 1 unspecified atom stereocenters. The largest absolute Gasteiger partial charge is 0.494 e. The summed E-state index contributed by atoms with van der Waals surface area (Å²) in [6, 6.07) is 7.53. The summed E-state index contributed by atoms with van der Waals surface area (Å²) in [6.45, 7) is 5.03. The van der Waals surface area contributed by atoms with Gasteiger partial charge < -0.3 is 15.4 Å². The summed E-state index contributed by atoms with van der Waals surface area (Å²) in [5.41, 5.74) is 5.75. The molecule has 1 aromatic carbocycles. The highest BCUT2D eigenvalue weighted by Gasteiger charge is 2.17. The second kappa shape index (κ2) is 7.73. The normalized spacial score (nSPS) is 20.4. The van der Waals surface area contributed by atoms with Gasteiger partial charge in [-0.2, -0.15) is 0 Å². The lowest BCUT2D eigenvalue weighted by molar-refractivity contribution is 0.165. The van der Waals surface area contributed by atoms with Crippen molar-refractivity contribution in [1.82, 2.24) is 4.90 Å². The molecule has 0 saturated carbocycles. The van der Waals surface area contributed by atoms with Crippen LogP contribution in [0.2, 0.25) is 5.02 Å². The lowest BCUT2D eigenvalue weighted by Gasteiger charge is -2.31. The fourth-order valence-electron chi connectivity index (χ4n) is 2.56. The predicted molar refractivity (Wildman–Crippen MR) is 79.8 cm³/mol. The second-order valence-corrected chi connectivity index (χ2v) is 5.64. The van der Waals surface area contributed by atoms with E-state index in [1.54, 1.807) is 0 Å². The summed E-state index contributed by atoms with van der Waals surface area (Å²) in [5.74, 6) is 1.58. The van der Waals surface area contributed by atoms with E-state index in [-0.39, 0.29) is 0 Å². The molecule has 1 aliphatic rings. The second-order valence-electron chi connectivity index (χ2n) is 5.20.